The minimum absolute atomic E-state index is 0. The van der Waals surface area contributed by atoms with Gasteiger partial charge in [-0.15, -0.1) is 0 Å². The predicted molar refractivity (Wildman–Crippen MR) is 93.6 cm³/mol. The lowest BCUT2D eigenvalue weighted by atomic mass is 10.0. The van der Waals surface area contributed by atoms with Crippen LogP contribution in [0.1, 0.15) is 5.56 Å². The highest BCUT2D eigenvalue weighted by molar-refractivity contribution is 8.13. The van der Waals surface area contributed by atoms with Crippen LogP contribution < -0.4 is 17.0 Å². The molecule has 1 fully saturated rings. The van der Waals surface area contributed by atoms with E-state index in [2.05, 4.69) is 0 Å². The van der Waals surface area contributed by atoms with E-state index in [1.807, 2.05) is 18.7 Å². The molecule has 1 heterocycles. The van der Waals surface area contributed by atoms with Gasteiger partial charge >= 0.3 is 5.17 Å². The number of hydrogen-bond donors (Lipinski definition) is 1. The average molecular weight is 459 g/mol. The van der Waals surface area contributed by atoms with E-state index in [1.54, 1.807) is 18.0 Å². The second-order valence-corrected chi connectivity index (χ2v) is 9.24. The van der Waals surface area contributed by atoms with Crippen LogP contribution in [0.15, 0.2) is 23.1 Å². The number of rotatable bonds is 3. The molecule has 0 aromatic heterocycles. The zero-order valence-electron chi connectivity index (χ0n) is 14.1. The van der Waals surface area contributed by atoms with Crippen molar-refractivity contribution in [2.24, 2.45) is 0 Å². The van der Waals surface area contributed by atoms with Gasteiger partial charge in [-0.3, -0.25) is 4.58 Å². The maximum atomic E-state index is 12.4. The highest BCUT2D eigenvalue weighted by Gasteiger charge is 2.49. The summed E-state index contributed by atoms with van der Waals surface area (Å²) in [5.41, 5.74) is -0.792. The Labute approximate surface area is 162 Å². The summed E-state index contributed by atoms with van der Waals surface area (Å²) in [6.45, 7) is 0. The molecule has 0 spiro atoms. The molecule has 1 atom stereocenters. The summed E-state index contributed by atoms with van der Waals surface area (Å²) in [7, 11) is 4.78. The smallest absolute Gasteiger partial charge is 0.310 e. The topological polar surface area (TPSA) is 63.9 Å². The molecule has 0 radical (unpaired) electrons. The maximum absolute atomic E-state index is 12.4. The monoisotopic (exact) mass is 457 g/mol. The van der Waals surface area contributed by atoms with Gasteiger partial charge in [-0.25, -0.2) is 17.6 Å². The zero-order chi connectivity index (χ0) is 17.6. The molecule has 1 N–H and O–H groups in total. The number of hydrogen-bond acceptors (Lipinski definition) is 4. The lowest BCUT2D eigenvalue weighted by Crippen LogP contribution is -3.00. The highest BCUT2D eigenvalue weighted by Crippen LogP contribution is 2.39. The fraction of sp³-hybridized carbons (Fsp3) is 0.500. The van der Waals surface area contributed by atoms with Gasteiger partial charge in [0.05, 0.1) is 31.9 Å². The van der Waals surface area contributed by atoms with Crippen molar-refractivity contribution in [1.29, 1.82) is 0 Å². The molecule has 136 valence electrons. The fourth-order valence-electron chi connectivity index (χ4n) is 2.37. The molecule has 10 heteroatoms. The molecular formula is C14H21BrClN3O3S2. The van der Waals surface area contributed by atoms with E-state index in [1.165, 1.54) is 38.0 Å². The lowest BCUT2D eigenvalue weighted by molar-refractivity contribution is -0.467. The van der Waals surface area contributed by atoms with Gasteiger partial charge in [0.15, 0.2) is 0 Å². The Balaban J connectivity index is 0.00000288. The third kappa shape index (κ3) is 3.61. The Kier molecular flexibility index (Phi) is 6.80. The number of nitrogens with zero attached hydrogens (tertiary/aromatic N) is 3. The van der Waals surface area contributed by atoms with Crippen molar-refractivity contribution in [2.45, 2.75) is 10.6 Å². The summed E-state index contributed by atoms with van der Waals surface area (Å²) >= 11 is 7.58. The summed E-state index contributed by atoms with van der Waals surface area (Å²) < 4.78 is 27.8. The first kappa shape index (κ1) is 21.7. The van der Waals surface area contributed by atoms with Crippen LogP contribution in [0, 0.1) is 0 Å². The number of benzene rings is 1. The minimum Gasteiger partial charge on any atom is -1.00 e. The summed E-state index contributed by atoms with van der Waals surface area (Å²) in [5.74, 6) is 0.403. The Morgan fingerprint density at radius 3 is 2.42 bits per heavy atom. The Morgan fingerprint density at radius 1 is 1.38 bits per heavy atom. The summed E-state index contributed by atoms with van der Waals surface area (Å²) in [6, 6.07) is 4.62. The molecule has 0 bridgehead atoms. The number of aliphatic hydroxyl groups is 1. The molecule has 1 saturated heterocycles. The van der Waals surface area contributed by atoms with Crippen molar-refractivity contribution in [3.63, 3.8) is 0 Å². The zero-order valence-corrected chi connectivity index (χ0v) is 18.1. The van der Waals surface area contributed by atoms with Crippen molar-refractivity contribution in [3.05, 3.63) is 28.8 Å². The van der Waals surface area contributed by atoms with Gasteiger partial charge in [-0.2, -0.15) is 0 Å². The number of thioether (sulfide) groups is 1. The first-order chi connectivity index (χ1) is 10.5. The second kappa shape index (κ2) is 7.51. The minimum atomic E-state index is -3.69. The third-order valence-corrected chi connectivity index (χ3v) is 7.52. The van der Waals surface area contributed by atoms with Crippen molar-refractivity contribution < 1.29 is 35.1 Å². The number of amidine groups is 1. The van der Waals surface area contributed by atoms with Crippen molar-refractivity contribution in [1.82, 2.24) is 9.21 Å². The van der Waals surface area contributed by atoms with E-state index < -0.39 is 15.7 Å². The molecule has 0 aliphatic carbocycles. The van der Waals surface area contributed by atoms with E-state index >= 15 is 0 Å². The summed E-state index contributed by atoms with van der Waals surface area (Å²) in [4.78, 5) is 1.74. The van der Waals surface area contributed by atoms with Gasteiger partial charge in [-0.05, 0) is 23.9 Å². The molecular weight excluding hydrogens is 438 g/mol. The molecule has 1 aromatic carbocycles. The van der Waals surface area contributed by atoms with Crippen LogP contribution in [0.5, 0.6) is 0 Å². The van der Waals surface area contributed by atoms with Gasteiger partial charge in [0.2, 0.25) is 15.7 Å². The molecule has 24 heavy (non-hydrogen) atoms. The van der Waals surface area contributed by atoms with Crippen LogP contribution in [0.2, 0.25) is 5.02 Å². The quantitative estimate of drug-likeness (QED) is 0.533. The Bertz CT molecular complexity index is 767. The predicted octanol–water partition coefficient (Wildman–Crippen LogP) is -1.95. The normalized spacial score (nSPS) is 21.2. The molecule has 0 saturated carbocycles. The third-order valence-electron chi connectivity index (χ3n) is 3.78. The number of halogens is 2. The highest BCUT2D eigenvalue weighted by atomic mass is 79.9. The Morgan fingerprint density at radius 2 is 1.96 bits per heavy atom. The summed E-state index contributed by atoms with van der Waals surface area (Å²) in [6.07, 6.45) is 0. The van der Waals surface area contributed by atoms with E-state index in [4.69, 9.17) is 11.6 Å². The molecule has 1 aromatic rings. The fourth-order valence-corrected chi connectivity index (χ4v) is 5.06. The van der Waals surface area contributed by atoms with E-state index in [0.29, 0.717) is 11.3 Å². The molecule has 6 nitrogen and oxygen atoms in total. The molecule has 1 aliphatic heterocycles. The van der Waals surface area contributed by atoms with Gasteiger partial charge in [0.1, 0.15) is 4.90 Å². The van der Waals surface area contributed by atoms with Crippen LogP contribution in [-0.4, -0.2) is 73.5 Å². The van der Waals surface area contributed by atoms with E-state index in [-0.39, 0.29) is 26.9 Å². The standard InChI is InChI=1S/C14H21ClN3O3S2.BrH/c1-16(2)13-18(5)14(19,9-22-13)10-6-7-11(15)12(8-10)23(20,21)17(3)4;/h6-8,19H,9H2,1-5H3;1H/q+1;/p-1. The average Bonchev–Trinajstić information content (AvgIpc) is 2.76. The van der Waals surface area contributed by atoms with Crippen molar-refractivity contribution in [2.75, 3.05) is 41.0 Å². The van der Waals surface area contributed by atoms with E-state index in [0.717, 1.165) is 9.47 Å². The van der Waals surface area contributed by atoms with Crippen LogP contribution in [0.25, 0.3) is 0 Å². The van der Waals surface area contributed by atoms with Gasteiger partial charge in [0.25, 0.3) is 0 Å². The molecule has 2 rings (SSSR count). The van der Waals surface area contributed by atoms with Gasteiger partial charge < -0.3 is 22.1 Å². The van der Waals surface area contributed by atoms with E-state index in [9.17, 15) is 13.5 Å². The Hall–Kier alpha value is -0.320. The van der Waals surface area contributed by atoms with Crippen LogP contribution in [-0.2, 0) is 15.7 Å². The second-order valence-electron chi connectivity index (χ2n) is 5.77. The van der Waals surface area contributed by atoms with Crippen molar-refractivity contribution >= 4 is 38.6 Å². The van der Waals surface area contributed by atoms with Gasteiger partial charge in [-0.1, -0.05) is 17.7 Å². The maximum Gasteiger partial charge on any atom is 0.310 e. The van der Waals surface area contributed by atoms with Crippen LogP contribution >= 0.6 is 23.4 Å². The van der Waals surface area contributed by atoms with Crippen LogP contribution in [0.3, 0.4) is 0 Å². The van der Waals surface area contributed by atoms with Gasteiger partial charge in [0, 0.05) is 19.7 Å². The molecule has 1 aliphatic rings. The SMILES string of the molecule is CN1C(=[N+](C)C)SCC1(O)c1ccc(Cl)c(S(=O)(=O)N(C)C)c1.[Br-]. The van der Waals surface area contributed by atoms with Crippen LogP contribution in [0.4, 0.5) is 0 Å². The largest absolute Gasteiger partial charge is 1.00 e. The number of sulfonamides is 1. The molecule has 1 unspecified atom stereocenters. The molecule has 0 amide bonds. The first-order valence-corrected chi connectivity index (χ1v) is 9.68. The first-order valence-electron chi connectivity index (χ1n) is 6.87. The summed E-state index contributed by atoms with van der Waals surface area (Å²) in [5, 5.41) is 12.1. The lowest BCUT2D eigenvalue weighted by Gasteiger charge is -2.26. The van der Waals surface area contributed by atoms with Crippen molar-refractivity contribution in [3.8, 4) is 0 Å².